The maximum atomic E-state index is 12.3. The van der Waals surface area contributed by atoms with Crippen molar-refractivity contribution in [3.05, 3.63) is 78.4 Å². The van der Waals surface area contributed by atoms with Crippen molar-refractivity contribution in [3.63, 3.8) is 0 Å². The fraction of sp³-hybridized carbons (Fsp3) is 0.150. The number of aromatic nitrogens is 3. The summed E-state index contributed by atoms with van der Waals surface area (Å²) >= 11 is 0. The van der Waals surface area contributed by atoms with Gasteiger partial charge in [-0.15, -0.1) is 0 Å². The number of nitrogens with zero attached hydrogens (tertiary/aromatic N) is 3. The molecule has 0 aliphatic heterocycles. The minimum absolute atomic E-state index is 0.190. The van der Waals surface area contributed by atoms with E-state index in [9.17, 15) is 4.79 Å². The molecular formula is C20H20N4O2. The molecule has 0 bridgehead atoms. The number of amides is 1. The van der Waals surface area contributed by atoms with E-state index >= 15 is 0 Å². The molecule has 1 aromatic heterocycles. The molecule has 0 spiro atoms. The van der Waals surface area contributed by atoms with Crippen LogP contribution in [0.1, 0.15) is 18.1 Å². The summed E-state index contributed by atoms with van der Waals surface area (Å²) in [6.45, 7) is 3.11. The normalized spacial score (nSPS) is 10.8. The van der Waals surface area contributed by atoms with Gasteiger partial charge in [0.05, 0.1) is 13.2 Å². The first-order valence-electron chi connectivity index (χ1n) is 8.37. The first-order chi connectivity index (χ1) is 12.7. The fourth-order valence-electron chi connectivity index (χ4n) is 2.46. The largest absolute Gasteiger partial charge is 0.494 e. The molecule has 1 amide bonds. The molecular weight excluding hydrogens is 328 g/mol. The van der Waals surface area contributed by atoms with Crippen LogP contribution in [0.25, 0.3) is 6.08 Å². The van der Waals surface area contributed by atoms with Gasteiger partial charge < -0.3 is 10.1 Å². The standard InChI is InChI=1S/C20H20N4O2/c1-2-26-18-10-7-16(8-11-18)9-12-20(25)23-19-6-4-3-5-17(19)13-24-15-21-14-22-24/h3-12,14-15H,2,13H2,1H3,(H,23,25). The van der Waals surface area contributed by atoms with Gasteiger partial charge in [-0.05, 0) is 42.3 Å². The fourth-order valence-corrected chi connectivity index (χ4v) is 2.46. The van der Waals surface area contributed by atoms with Crippen LogP contribution in [0.4, 0.5) is 5.69 Å². The second-order valence-electron chi connectivity index (χ2n) is 5.57. The number of para-hydroxylation sites is 1. The van der Waals surface area contributed by atoms with E-state index in [1.165, 1.54) is 12.4 Å². The Hall–Kier alpha value is -3.41. The Morgan fingerprint density at radius 1 is 1.19 bits per heavy atom. The van der Waals surface area contributed by atoms with Crippen molar-refractivity contribution in [1.82, 2.24) is 14.8 Å². The van der Waals surface area contributed by atoms with E-state index in [1.807, 2.05) is 55.5 Å². The van der Waals surface area contributed by atoms with E-state index in [-0.39, 0.29) is 5.91 Å². The van der Waals surface area contributed by atoms with Gasteiger partial charge in [-0.1, -0.05) is 30.3 Å². The second kappa shape index (κ2) is 8.62. The van der Waals surface area contributed by atoms with Crippen LogP contribution in [0.2, 0.25) is 0 Å². The maximum Gasteiger partial charge on any atom is 0.248 e. The van der Waals surface area contributed by atoms with Gasteiger partial charge in [-0.25, -0.2) is 9.67 Å². The summed E-state index contributed by atoms with van der Waals surface area (Å²) < 4.78 is 7.12. The lowest BCUT2D eigenvalue weighted by Crippen LogP contribution is -2.11. The summed E-state index contributed by atoms with van der Waals surface area (Å²) in [6.07, 6.45) is 6.41. The highest BCUT2D eigenvalue weighted by Gasteiger charge is 2.05. The molecule has 0 aliphatic rings. The number of carbonyl (C=O) groups is 1. The van der Waals surface area contributed by atoms with E-state index in [4.69, 9.17) is 4.74 Å². The molecule has 26 heavy (non-hydrogen) atoms. The lowest BCUT2D eigenvalue weighted by atomic mass is 10.1. The van der Waals surface area contributed by atoms with Gasteiger partial charge in [0, 0.05) is 11.8 Å². The Morgan fingerprint density at radius 3 is 2.73 bits per heavy atom. The van der Waals surface area contributed by atoms with E-state index in [0.29, 0.717) is 13.2 Å². The number of hydrogen-bond acceptors (Lipinski definition) is 4. The number of ether oxygens (including phenoxy) is 1. The van der Waals surface area contributed by atoms with Crippen LogP contribution in [-0.4, -0.2) is 27.3 Å². The molecule has 0 aliphatic carbocycles. The highest BCUT2D eigenvalue weighted by molar-refractivity contribution is 6.02. The number of anilines is 1. The molecule has 132 valence electrons. The molecule has 0 fully saturated rings. The zero-order valence-electron chi connectivity index (χ0n) is 14.5. The minimum Gasteiger partial charge on any atom is -0.494 e. The maximum absolute atomic E-state index is 12.3. The molecule has 6 nitrogen and oxygen atoms in total. The van der Waals surface area contributed by atoms with Crippen molar-refractivity contribution < 1.29 is 9.53 Å². The predicted octanol–water partition coefficient (Wildman–Crippen LogP) is 3.38. The Kier molecular flexibility index (Phi) is 5.77. The third-order valence-corrected chi connectivity index (χ3v) is 3.69. The smallest absolute Gasteiger partial charge is 0.248 e. The summed E-state index contributed by atoms with van der Waals surface area (Å²) in [7, 11) is 0. The van der Waals surface area contributed by atoms with Crippen molar-refractivity contribution >= 4 is 17.7 Å². The first-order valence-corrected chi connectivity index (χ1v) is 8.37. The summed E-state index contributed by atoms with van der Waals surface area (Å²) in [5, 5.41) is 7.01. The summed E-state index contributed by atoms with van der Waals surface area (Å²) in [4.78, 5) is 16.2. The average Bonchev–Trinajstić information content (AvgIpc) is 3.16. The zero-order chi connectivity index (χ0) is 18.2. The van der Waals surface area contributed by atoms with E-state index in [0.717, 1.165) is 22.6 Å². The van der Waals surface area contributed by atoms with Crippen molar-refractivity contribution in [2.45, 2.75) is 13.5 Å². The Labute approximate surface area is 152 Å². The predicted molar refractivity (Wildman–Crippen MR) is 101 cm³/mol. The van der Waals surface area contributed by atoms with Crippen molar-refractivity contribution in [2.75, 3.05) is 11.9 Å². The lowest BCUT2D eigenvalue weighted by Gasteiger charge is -2.09. The van der Waals surface area contributed by atoms with Crippen LogP contribution < -0.4 is 10.1 Å². The molecule has 0 atom stereocenters. The Morgan fingerprint density at radius 2 is 2.00 bits per heavy atom. The molecule has 0 radical (unpaired) electrons. The van der Waals surface area contributed by atoms with Gasteiger partial charge >= 0.3 is 0 Å². The minimum atomic E-state index is -0.190. The lowest BCUT2D eigenvalue weighted by molar-refractivity contribution is -0.111. The Balaban J connectivity index is 1.64. The third-order valence-electron chi connectivity index (χ3n) is 3.69. The highest BCUT2D eigenvalue weighted by atomic mass is 16.5. The summed E-state index contributed by atoms with van der Waals surface area (Å²) in [6, 6.07) is 15.2. The van der Waals surface area contributed by atoms with Crippen molar-refractivity contribution in [1.29, 1.82) is 0 Å². The highest BCUT2D eigenvalue weighted by Crippen LogP contribution is 2.17. The van der Waals surface area contributed by atoms with Crippen molar-refractivity contribution in [2.24, 2.45) is 0 Å². The van der Waals surface area contributed by atoms with E-state index < -0.39 is 0 Å². The van der Waals surface area contributed by atoms with Crippen molar-refractivity contribution in [3.8, 4) is 5.75 Å². The second-order valence-corrected chi connectivity index (χ2v) is 5.57. The molecule has 3 aromatic rings. The topological polar surface area (TPSA) is 69.0 Å². The van der Waals surface area contributed by atoms with Crippen LogP contribution in [0.5, 0.6) is 5.75 Å². The van der Waals surface area contributed by atoms with Gasteiger partial charge in [0.1, 0.15) is 18.4 Å². The monoisotopic (exact) mass is 348 g/mol. The zero-order valence-corrected chi connectivity index (χ0v) is 14.5. The Bertz CT molecular complexity index is 871. The SMILES string of the molecule is CCOc1ccc(C=CC(=O)Nc2ccccc2Cn2cncn2)cc1. The average molecular weight is 348 g/mol. The van der Waals surface area contributed by atoms with Crippen LogP contribution in [-0.2, 0) is 11.3 Å². The number of benzene rings is 2. The van der Waals surface area contributed by atoms with Gasteiger partial charge in [-0.2, -0.15) is 5.10 Å². The number of rotatable bonds is 7. The van der Waals surface area contributed by atoms with Gasteiger partial charge in [0.2, 0.25) is 5.91 Å². The number of carbonyl (C=O) groups excluding carboxylic acids is 1. The molecule has 0 unspecified atom stereocenters. The summed E-state index contributed by atoms with van der Waals surface area (Å²) in [5.74, 6) is 0.626. The molecule has 1 heterocycles. The van der Waals surface area contributed by atoms with E-state index in [1.54, 1.807) is 17.1 Å². The first kappa shape index (κ1) is 17.4. The molecule has 0 saturated carbocycles. The van der Waals surface area contributed by atoms with Crippen LogP contribution >= 0.6 is 0 Å². The van der Waals surface area contributed by atoms with Crippen LogP contribution in [0.15, 0.2) is 67.3 Å². The summed E-state index contributed by atoms with van der Waals surface area (Å²) in [5.41, 5.74) is 2.64. The van der Waals surface area contributed by atoms with Crippen LogP contribution in [0.3, 0.4) is 0 Å². The molecule has 0 saturated heterocycles. The molecule has 1 N–H and O–H groups in total. The molecule has 3 rings (SSSR count). The van der Waals surface area contributed by atoms with Gasteiger partial charge in [-0.3, -0.25) is 4.79 Å². The number of nitrogens with one attached hydrogen (secondary N) is 1. The number of hydrogen-bond donors (Lipinski definition) is 1. The van der Waals surface area contributed by atoms with Crippen LogP contribution in [0, 0.1) is 0 Å². The quantitative estimate of drug-likeness (QED) is 0.665. The molecule has 6 heteroatoms. The molecule has 2 aromatic carbocycles. The van der Waals surface area contributed by atoms with E-state index in [2.05, 4.69) is 15.4 Å². The van der Waals surface area contributed by atoms with Gasteiger partial charge in [0.15, 0.2) is 0 Å². The van der Waals surface area contributed by atoms with Gasteiger partial charge in [0.25, 0.3) is 0 Å². The third kappa shape index (κ3) is 4.80.